The van der Waals surface area contributed by atoms with Gasteiger partial charge in [-0.25, -0.2) is 0 Å². The van der Waals surface area contributed by atoms with E-state index in [2.05, 4.69) is 15.4 Å². The summed E-state index contributed by atoms with van der Waals surface area (Å²) in [6.45, 7) is 0. The summed E-state index contributed by atoms with van der Waals surface area (Å²) in [5, 5.41) is 20.1. The molecular formula is C8H13N3O. The maximum Gasteiger partial charge on any atom is 0.0853 e. The van der Waals surface area contributed by atoms with Crippen LogP contribution in [0.2, 0.25) is 0 Å². The van der Waals surface area contributed by atoms with Crippen molar-refractivity contribution in [2.75, 3.05) is 0 Å². The molecule has 1 aromatic heterocycles. The Kier molecular flexibility index (Phi) is 1.84. The largest absolute Gasteiger partial charge is 0.389 e. The first kappa shape index (κ1) is 7.73. The van der Waals surface area contributed by atoms with Gasteiger partial charge in [-0.1, -0.05) is 18.1 Å². The quantitative estimate of drug-likeness (QED) is 0.680. The molecule has 0 amide bonds. The Morgan fingerprint density at radius 1 is 1.50 bits per heavy atom. The number of nitrogens with zero attached hydrogens (tertiary/aromatic N) is 2. The highest BCUT2D eigenvalue weighted by atomic mass is 16.3. The second-order valence-electron chi connectivity index (χ2n) is 3.57. The van der Waals surface area contributed by atoms with Crippen LogP contribution in [-0.2, 0) is 6.42 Å². The third-order valence-electron chi connectivity index (χ3n) is 2.51. The lowest BCUT2D eigenvalue weighted by molar-refractivity contribution is 0.0472. The molecule has 1 aromatic rings. The summed E-state index contributed by atoms with van der Waals surface area (Å²) < 4.78 is 0. The fourth-order valence-corrected chi connectivity index (χ4v) is 1.86. The summed E-state index contributed by atoms with van der Waals surface area (Å²) in [6.07, 6.45) is 6.46. The highest BCUT2D eigenvalue weighted by molar-refractivity contribution is 5.00. The minimum absolute atomic E-state index is 0.503. The number of aromatic amines is 1. The average Bonchev–Trinajstić information content (AvgIpc) is 2.62. The fraction of sp³-hybridized carbons (Fsp3) is 0.750. The molecule has 1 fully saturated rings. The second kappa shape index (κ2) is 2.86. The molecule has 0 unspecified atom stereocenters. The summed E-state index contributed by atoms with van der Waals surface area (Å²) in [7, 11) is 0. The van der Waals surface area contributed by atoms with Crippen LogP contribution >= 0.6 is 0 Å². The van der Waals surface area contributed by atoms with Crippen LogP contribution in [0.25, 0.3) is 0 Å². The van der Waals surface area contributed by atoms with Gasteiger partial charge < -0.3 is 5.11 Å². The average molecular weight is 167 g/mol. The molecule has 2 rings (SSSR count). The molecule has 0 bridgehead atoms. The van der Waals surface area contributed by atoms with E-state index in [1.165, 1.54) is 0 Å². The van der Waals surface area contributed by atoms with Crippen LogP contribution in [0, 0.1) is 0 Å². The molecule has 1 heterocycles. The van der Waals surface area contributed by atoms with E-state index < -0.39 is 5.60 Å². The predicted molar refractivity (Wildman–Crippen MR) is 43.5 cm³/mol. The number of rotatable bonds is 2. The Morgan fingerprint density at radius 2 is 2.25 bits per heavy atom. The van der Waals surface area contributed by atoms with Gasteiger partial charge >= 0.3 is 0 Å². The van der Waals surface area contributed by atoms with Gasteiger partial charge in [0.2, 0.25) is 0 Å². The van der Waals surface area contributed by atoms with E-state index in [0.29, 0.717) is 6.42 Å². The summed E-state index contributed by atoms with van der Waals surface area (Å²) in [5.74, 6) is 0. The Bertz CT molecular complexity index is 239. The van der Waals surface area contributed by atoms with Crippen molar-refractivity contribution in [1.82, 2.24) is 15.4 Å². The monoisotopic (exact) mass is 167 g/mol. The van der Waals surface area contributed by atoms with Crippen molar-refractivity contribution in [3.8, 4) is 0 Å². The third-order valence-corrected chi connectivity index (χ3v) is 2.51. The highest BCUT2D eigenvalue weighted by Gasteiger charge is 2.31. The molecule has 1 aliphatic rings. The minimum atomic E-state index is -0.503. The van der Waals surface area contributed by atoms with Crippen LogP contribution < -0.4 is 0 Å². The van der Waals surface area contributed by atoms with Crippen LogP contribution in [0.1, 0.15) is 31.4 Å². The first-order chi connectivity index (χ1) is 5.79. The van der Waals surface area contributed by atoms with E-state index in [9.17, 15) is 5.11 Å². The molecule has 0 aromatic carbocycles. The van der Waals surface area contributed by atoms with Crippen LogP contribution in [0.5, 0.6) is 0 Å². The zero-order valence-corrected chi connectivity index (χ0v) is 6.95. The molecule has 0 aliphatic heterocycles. The smallest absolute Gasteiger partial charge is 0.0853 e. The van der Waals surface area contributed by atoms with Gasteiger partial charge in [0.15, 0.2) is 0 Å². The van der Waals surface area contributed by atoms with Crippen molar-refractivity contribution >= 4 is 0 Å². The molecule has 1 saturated carbocycles. The standard InChI is InChI=1S/C8H13N3O/c12-8(3-1-2-4-8)5-7-6-9-11-10-7/h6,12H,1-5H2,(H,9,10,11). The Morgan fingerprint density at radius 3 is 2.83 bits per heavy atom. The maximum absolute atomic E-state index is 9.98. The summed E-state index contributed by atoms with van der Waals surface area (Å²) in [6, 6.07) is 0. The van der Waals surface area contributed by atoms with Crippen LogP contribution in [0.3, 0.4) is 0 Å². The molecule has 0 spiro atoms. The molecule has 0 radical (unpaired) electrons. The number of hydrogen-bond acceptors (Lipinski definition) is 3. The van der Waals surface area contributed by atoms with Gasteiger partial charge in [0, 0.05) is 12.6 Å². The van der Waals surface area contributed by atoms with Gasteiger partial charge in [-0.15, -0.1) is 5.10 Å². The summed E-state index contributed by atoms with van der Waals surface area (Å²) in [4.78, 5) is 0. The second-order valence-corrected chi connectivity index (χ2v) is 3.57. The molecule has 2 N–H and O–H groups in total. The van der Waals surface area contributed by atoms with Crippen LogP contribution in [-0.4, -0.2) is 26.1 Å². The first-order valence-corrected chi connectivity index (χ1v) is 4.36. The summed E-state index contributed by atoms with van der Waals surface area (Å²) in [5.41, 5.74) is 0.357. The van der Waals surface area contributed by atoms with Gasteiger partial charge in [-0.3, -0.25) is 5.10 Å². The van der Waals surface area contributed by atoms with Gasteiger partial charge in [-0.2, -0.15) is 0 Å². The topological polar surface area (TPSA) is 61.8 Å². The van der Waals surface area contributed by atoms with Crippen molar-refractivity contribution < 1.29 is 5.11 Å². The molecule has 4 nitrogen and oxygen atoms in total. The van der Waals surface area contributed by atoms with E-state index in [1.54, 1.807) is 6.20 Å². The molecule has 4 heteroatoms. The number of nitrogens with one attached hydrogen (secondary N) is 1. The van der Waals surface area contributed by atoms with Gasteiger partial charge in [0.05, 0.1) is 11.3 Å². The van der Waals surface area contributed by atoms with E-state index >= 15 is 0 Å². The van der Waals surface area contributed by atoms with Crippen molar-refractivity contribution in [2.24, 2.45) is 0 Å². The van der Waals surface area contributed by atoms with E-state index in [0.717, 1.165) is 31.4 Å². The Balaban J connectivity index is 2.02. The van der Waals surface area contributed by atoms with E-state index in [-0.39, 0.29) is 0 Å². The van der Waals surface area contributed by atoms with E-state index in [4.69, 9.17) is 0 Å². The number of aromatic nitrogens is 3. The van der Waals surface area contributed by atoms with Crippen molar-refractivity contribution in [1.29, 1.82) is 0 Å². The van der Waals surface area contributed by atoms with Gasteiger partial charge in [0.25, 0.3) is 0 Å². The Hall–Kier alpha value is -0.900. The summed E-state index contributed by atoms with van der Waals surface area (Å²) >= 11 is 0. The number of H-pyrrole nitrogens is 1. The van der Waals surface area contributed by atoms with Crippen molar-refractivity contribution in [3.05, 3.63) is 11.9 Å². The van der Waals surface area contributed by atoms with Crippen molar-refractivity contribution in [2.45, 2.75) is 37.7 Å². The normalized spacial score (nSPS) is 21.4. The number of hydrogen-bond donors (Lipinski definition) is 2. The highest BCUT2D eigenvalue weighted by Crippen LogP contribution is 2.31. The predicted octanol–water partition coefficient (Wildman–Crippen LogP) is 0.652. The SMILES string of the molecule is OC1(Cc2c[nH]nn2)CCCC1. The lowest BCUT2D eigenvalue weighted by Gasteiger charge is -2.19. The third kappa shape index (κ3) is 1.48. The lowest BCUT2D eigenvalue weighted by Crippen LogP contribution is -2.27. The fourth-order valence-electron chi connectivity index (χ4n) is 1.86. The van der Waals surface area contributed by atoms with Crippen LogP contribution in [0.4, 0.5) is 0 Å². The van der Waals surface area contributed by atoms with Crippen molar-refractivity contribution in [3.63, 3.8) is 0 Å². The number of aliphatic hydroxyl groups is 1. The molecule has 0 atom stereocenters. The van der Waals surface area contributed by atoms with Crippen LogP contribution in [0.15, 0.2) is 6.20 Å². The zero-order chi connectivity index (χ0) is 8.44. The van der Waals surface area contributed by atoms with Gasteiger partial charge in [-0.05, 0) is 12.8 Å². The molecule has 66 valence electrons. The first-order valence-electron chi connectivity index (χ1n) is 4.36. The maximum atomic E-state index is 9.98. The lowest BCUT2D eigenvalue weighted by atomic mass is 9.96. The van der Waals surface area contributed by atoms with E-state index in [1.807, 2.05) is 0 Å². The molecule has 1 aliphatic carbocycles. The van der Waals surface area contributed by atoms with Gasteiger partial charge in [0.1, 0.15) is 0 Å². The molecule has 12 heavy (non-hydrogen) atoms. The molecular weight excluding hydrogens is 154 g/mol. The molecule has 0 saturated heterocycles. The Labute approximate surface area is 71.0 Å². The minimum Gasteiger partial charge on any atom is -0.389 e. The zero-order valence-electron chi connectivity index (χ0n) is 6.95.